The molecule has 17 nitrogen and oxygen atoms in total. The van der Waals surface area contributed by atoms with Crippen molar-refractivity contribution in [3.63, 3.8) is 0 Å². The van der Waals surface area contributed by atoms with E-state index in [1.54, 1.807) is 22.2 Å². The highest BCUT2D eigenvalue weighted by molar-refractivity contribution is 6.06. The second-order valence-electron chi connectivity index (χ2n) is 15.9. The first-order chi connectivity index (χ1) is 27.0. The number of methoxy groups -OCH3 is 1. The molecule has 7 rings (SSSR count). The summed E-state index contributed by atoms with van der Waals surface area (Å²) in [5, 5.41) is 35.4. The lowest BCUT2D eigenvalue weighted by Gasteiger charge is -2.37. The van der Waals surface area contributed by atoms with Gasteiger partial charge in [0.1, 0.15) is 34.9 Å². The quantitative estimate of drug-likeness (QED) is 0.111. The van der Waals surface area contributed by atoms with Crippen LogP contribution in [0.15, 0.2) is 53.2 Å². The number of aromatic nitrogens is 4. The number of hydrogen-bond acceptors (Lipinski definition) is 10. The number of furan rings is 1. The first-order valence-corrected chi connectivity index (χ1v) is 18.9. The fourth-order valence-electron chi connectivity index (χ4n) is 8.14. The third-order valence-corrected chi connectivity index (χ3v) is 11.0. The molecule has 2 aromatic carbocycles. The van der Waals surface area contributed by atoms with Gasteiger partial charge in [-0.15, -0.1) is 0 Å². The highest BCUT2D eigenvalue weighted by Crippen LogP contribution is 2.38. The lowest BCUT2D eigenvalue weighted by atomic mass is 9.96. The maximum Gasteiger partial charge on any atom is 0.407 e. The molecule has 2 aliphatic heterocycles. The van der Waals surface area contributed by atoms with Gasteiger partial charge in [-0.3, -0.25) is 14.5 Å². The molecule has 4 amide bonds. The number of amides is 4. The first-order valence-electron chi connectivity index (χ1n) is 18.9. The number of aliphatic hydroxyl groups is 2. The number of benzene rings is 2. The summed E-state index contributed by atoms with van der Waals surface area (Å²) in [5.41, 5.74) is 1.26. The van der Waals surface area contributed by atoms with Crippen molar-refractivity contribution in [2.45, 2.75) is 88.7 Å². The Morgan fingerprint density at radius 3 is 1.77 bits per heavy atom. The van der Waals surface area contributed by atoms with Gasteiger partial charge in [-0.25, -0.2) is 19.6 Å². The molecule has 5 aromatic rings. The molecular formula is C40H48N8O9. The van der Waals surface area contributed by atoms with Gasteiger partial charge in [0, 0.05) is 42.0 Å². The Morgan fingerprint density at radius 1 is 0.842 bits per heavy atom. The summed E-state index contributed by atoms with van der Waals surface area (Å²) >= 11 is 0. The van der Waals surface area contributed by atoms with Crippen LogP contribution in [0, 0.1) is 0 Å². The summed E-state index contributed by atoms with van der Waals surface area (Å²) in [4.78, 5) is 71.2. The second-order valence-corrected chi connectivity index (χ2v) is 15.9. The fourth-order valence-corrected chi connectivity index (χ4v) is 8.14. The largest absolute Gasteiger partial charge is 0.465 e. The summed E-state index contributed by atoms with van der Waals surface area (Å²) in [6, 6.07) is 8.44. The van der Waals surface area contributed by atoms with Crippen LogP contribution in [0.2, 0.25) is 0 Å². The molecule has 57 heavy (non-hydrogen) atoms. The monoisotopic (exact) mass is 784 g/mol. The Labute approximate surface area is 328 Å². The van der Waals surface area contributed by atoms with Gasteiger partial charge < -0.3 is 49.6 Å². The average Bonchev–Trinajstić information content (AvgIpc) is 4.00. The van der Waals surface area contributed by atoms with Gasteiger partial charge >= 0.3 is 12.2 Å². The van der Waals surface area contributed by atoms with Gasteiger partial charge in [0.2, 0.25) is 11.8 Å². The van der Waals surface area contributed by atoms with Crippen molar-refractivity contribution in [2.75, 3.05) is 27.2 Å². The average molecular weight is 785 g/mol. The zero-order chi connectivity index (χ0) is 41.0. The topological polar surface area (TPSA) is 230 Å². The molecule has 0 unspecified atom stereocenters. The number of carbonyl (C=O) groups is 4. The van der Waals surface area contributed by atoms with E-state index in [4.69, 9.17) is 4.42 Å². The molecule has 3 aromatic heterocycles. The Morgan fingerprint density at radius 2 is 1.33 bits per heavy atom. The zero-order valence-corrected chi connectivity index (χ0v) is 32.7. The smallest absolute Gasteiger partial charge is 0.407 e. The number of carboxylic acid groups (broad SMARTS) is 1. The van der Waals surface area contributed by atoms with Gasteiger partial charge in [-0.2, -0.15) is 0 Å². The lowest BCUT2D eigenvalue weighted by Crippen LogP contribution is -2.58. The molecule has 0 aliphatic carbocycles. The predicted octanol–water partition coefficient (Wildman–Crippen LogP) is 4.94. The van der Waals surface area contributed by atoms with Crippen molar-refractivity contribution < 1.29 is 43.7 Å². The van der Waals surface area contributed by atoms with E-state index in [2.05, 4.69) is 30.0 Å². The molecule has 302 valence electrons. The van der Waals surface area contributed by atoms with Crippen LogP contribution in [0.3, 0.4) is 0 Å². The molecule has 2 saturated heterocycles. The molecule has 0 spiro atoms. The van der Waals surface area contributed by atoms with E-state index in [-0.39, 0.29) is 6.04 Å². The number of nitrogens with one attached hydrogen (secondary N) is 3. The molecule has 17 heteroatoms. The summed E-state index contributed by atoms with van der Waals surface area (Å²) in [7, 11) is 2.48. The van der Waals surface area contributed by atoms with Crippen molar-refractivity contribution in [3.05, 3.63) is 60.4 Å². The number of aromatic amines is 2. The van der Waals surface area contributed by atoms with Gasteiger partial charge in [-0.05, 0) is 77.6 Å². The van der Waals surface area contributed by atoms with Crippen LogP contribution >= 0.6 is 0 Å². The summed E-state index contributed by atoms with van der Waals surface area (Å²) in [5.74, 6) is 0.242. The minimum Gasteiger partial charge on any atom is -0.465 e. The minimum atomic E-state index is -1.61. The van der Waals surface area contributed by atoms with Crippen LogP contribution in [0.1, 0.15) is 77.1 Å². The van der Waals surface area contributed by atoms with Crippen LogP contribution < -0.4 is 5.32 Å². The highest BCUT2D eigenvalue weighted by atomic mass is 16.5. The van der Waals surface area contributed by atoms with E-state index in [1.165, 1.54) is 41.9 Å². The Hall–Kier alpha value is -5.94. The van der Waals surface area contributed by atoms with Gasteiger partial charge in [0.25, 0.3) is 0 Å². The van der Waals surface area contributed by atoms with Gasteiger partial charge in [0.15, 0.2) is 0 Å². The van der Waals surface area contributed by atoms with E-state index in [0.717, 1.165) is 38.9 Å². The Kier molecular flexibility index (Phi) is 10.2. The van der Waals surface area contributed by atoms with Crippen LogP contribution in [-0.2, 0) is 14.3 Å². The standard InChI is InChI=1S/C40H48N8O9/c1-39(2,54)31(45-37(51)56-6)35(49)47-15-7-9-27(47)33-41-19-25(43-33)21-11-13-23-24-14-12-22(18-30(24)57-29(23)17-21)26-20-42-34(44-26)28-10-8-16-48(28)36(50)32(40(3,4)55)46(5)38(52)53/h11-14,17-20,27-28,31-32,54-55H,7-10,15-16H2,1-6H3,(H,41,43)(H,42,44)(H,45,51)(H,52,53)/t27-,28-,31+,32+/m0/s1. The second kappa shape index (κ2) is 14.9. The number of fused-ring (bicyclic) bond motifs is 3. The highest BCUT2D eigenvalue weighted by Gasteiger charge is 2.45. The molecule has 4 atom stereocenters. The zero-order valence-electron chi connectivity index (χ0n) is 32.7. The minimum absolute atomic E-state index is 0.382. The van der Waals surface area contributed by atoms with Crippen molar-refractivity contribution >= 4 is 45.9 Å². The molecule has 0 radical (unpaired) electrons. The van der Waals surface area contributed by atoms with E-state index in [1.807, 2.05) is 36.4 Å². The number of nitrogens with zero attached hydrogens (tertiary/aromatic N) is 5. The fraction of sp³-hybridized carbons (Fsp3) is 0.450. The van der Waals surface area contributed by atoms with Crippen molar-refractivity contribution in [1.82, 2.24) is 40.0 Å². The van der Waals surface area contributed by atoms with Crippen LogP contribution in [0.5, 0.6) is 0 Å². The normalized spacial score (nSPS) is 18.6. The number of likely N-dealkylation sites (tertiary alicyclic amines) is 2. The van der Waals surface area contributed by atoms with Gasteiger partial charge in [-0.1, -0.05) is 12.1 Å². The molecule has 2 fully saturated rings. The van der Waals surface area contributed by atoms with E-state index in [9.17, 15) is 34.5 Å². The van der Waals surface area contributed by atoms with Gasteiger partial charge in [0.05, 0.1) is 54.2 Å². The third-order valence-electron chi connectivity index (χ3n) is 11.0. The van der Waals surface area contributed by atoms with Crippen LogP contribution in [0.4, 0.5) is 9.59 Å². The van der Waals surface area contributed by atoms with E-state index in [0.29, 0.717) is 60.9 Å². The number of likely N-dealkylation sites (N-methyl/N-ethyl adjacent to an activating group) is 1. The Bertz CT molecular complexity index is 2330. The maximum atomic E-state index is 13.7. The first kappa shape index (κ1) is 39.3. The molecular weight excluding hydrogens is 736 g/mol. The van der Waals surface area contributed by atoms with Crippen LogP contribution in [-0.4, -0.2) is 124 Å². The van der Waals surface area contributed by atoms with Crippen molar-refractivity contribution in [2.24, 2.45) is 0 Å². The van der Waals surface area contributed by atoms with Crippen molar-refractivity contribution in [3.8, 4) is 22.5 Å². The van der Waals surface area contributed by atoms with Crippen LogP contribution in [0.25, 0.3) is 44.5 Å². The predicted molar refractivity (Wildman–Crippen MR) is 208 cm³/mol. The summed E-state index contributed by atoms with van der Waals surface area (Å²) in [6.07, 6.45) is 4.00. The maximum absolute atomic E-state index is 13.7. The summed E-state index contributed by atoms with van der Waals surface area (Å²) in [6.45, 7) is 6.62. The molecule has 2 aliphatic rings. The van der Waals surface area contributed by atoms with Crippen molar-refractivity contribution in [1.29, 1.82) is 0 Å². The number of carbonyl (C=O) groups excluding carboxylic acids is 3. The summed E-state index contributed by atoms with van der Waals surface area (Å²) < 4.78 is 11.1. The number of imidazole rings is 2. The molecule has 6 N–H and O–H groups in total. The number of alkyl carbamates (subject to hydrolysis) is 1. The molecule has 0 bridgehead atoms. The lowest BCUT2D eigenvalue weighted by molar-refractivity contribution is -0.145. The molecule has 5 heterocycles. The third kappa shape index (κ3) is 7.51. The SMILES string of the molecule is COC(=O)N[C@H](C(=O)N1CCC[C@H]1c1ncc(-c2ccc3c(c2)oc2cc(-c4cnc([C@@H]5CCCN5C(=O)[C@@H](N(C)C(=O)O)C(C)(C)O)[nH]4)ccc23)[nH]1)C(C)(C)O. The molecule has 0 saturated carbocycles. The Balaban J connectivity index is 1.10. The number of ether oxygens (including phenoxy) is 1. The number of hydrogen-bond donors (Lipinski definition) is 6. The van der Waals surface area contributed by atoms with E-state index < -0.39 is 53.3 Å². The number of H-pyrrole nitrogens is 2. The van der Waals surface area contributed by atoms with E-state index >= 15 is 0 Å². The number of rotatable bonds is 10.